The van der Waals surface area contributed by atoms with Crippen LogP contribution in [0.4, 0.5) is 0 Å². The van der Waals surface area contributed by atoms with Gasteiger partial charge in [-0.25, -0.2) is 0 Å². The molecule has 0 aromatic heterocycles. The summed E-state index contributed by atoms with van der Waals surface area (Å²) in [7, 11) is 1.59. The number of rotatable bonds is 4. The normalized spacial score (nSPS) is 12.2. The molecule has 4 heteroatoms. The van der Waals surface area contributed by atoms with E-state index in [0.717, 1.165) is 11.3 Å². The van der Waals surface area contributed by atoms with Crippen LogP contribution in [0, 0.1) is 0 Å². The van der Waals surface area contributed by atoms with E-state index < -0.39 is 0 Å². The Labute approximate surface area is 94.2 Å². The Morgan fingerprint density at radius 1 is 1.60 bits per heavy atom. The highest BCUT2D eigenvalue weighted by atomic mass is 35.5. The van der Waals surface area contributed by atoms with E-state index in [1.165, 1.54) is 0 Å². The fourth-order valence-electron chi connectivity index (χ4n) is 1.50. The molecule has 1 aromatic carbocycles. The zero-order valence-electron chi connectivity index (χ0n) is 8.79. The van der Waals surface area contributed by atoms with Crippen LogP contribution in [0.2, 0.25) is 5.02 Å². The van der Waals surface area contributed by atoms with Gasteiger partial charge < -0.3 is 10.5 Å². The molecule has 0 saturated carbocycles. The summed E-state index contributed by atoms with van der Waals surface area (Å²) >= 11 is 5.88. The highest BCUT2D eigenvalue weighted by Gasteiger charge is 2.14. The van der Waals surface area contributed by atoms with Gasteiger partial charge in [0, 0.05) is 11.4 Å². The molecular formula is C11H14ClNO2. The maximum atomic E-state index is 10.8. The smallest absolute Gasteiger partial charge is 0.218 e. The standard InChI is InChI=1S/C11H14ClNO2/c1-7(5-11(13)14)9-6-8(12)3-4-10(9)15-2/h3-4,6-7H,5H2,1-2H3,(H2,13,14). The van der Waals surface area contributed by atoms with E-state index in [-0.39, 0.29) is 18.2 Å². The van der Waals surface area contributed by atoms with E-state index in [1.807, 2.05) is 6.92 Å². The summed E-state index contributed by atoms with van der Waals surface area (Å²) < 4.78 is 5.19. The van der Waals surface area contributed by atoms with Crippen molar-refractivity contribution in [3.05, 3.63) is 28.8 Å². The molecule has 0 aliphatic carbocycles. The number of ether oxygens (including phenoxy) is 1. The second kappa shape index (κ2) is 5.03. The number of halogens is 1. The quantitative estimate of drug-likeness (QED) is 0.858. The first-order valence-corrected chi connectivity index (χ1v) is 5.04. The summed E-state index contributed by atoms with van der Waals surface area (Å²) in [6.07, 6.45) is 0.288. The second-order valence-electron chi connectivity index (χ2n) is 3.46. The highest BCUT2D eigenvalue weighted by Crippen LogP contribution is 2.30. The van der Waals surface area contributed by atoms with Gasteiger partial charge in [-0.1, -0.05) is 18.5 Å². The van der Waals surface area contributed by atoms with E-state index in [0.29, 0.717) is 5.02 Å². The second-order valence-corrected chi connectivity index (χ2v) is 3.89. The molecule has 1 aromatic rings. The monoisotopic (exact) mass is 227 g/mol. The molecule has 82 valence electrons. The van der Waals surface area contributed by atoms with E-state index in [9.17, 15) is 4.79 Å². The molecule has 0 aliphatic rings. The number of amides is 1. The number of methoxy groups -OCH3 is 1. The number of primary amides is 1. The fourth-order valence-corrected chi connectivity index (χ4v) is 1.68. The van der Waals surface area contributed by atoms with Crippen LogP contribution in [0.1, 0.15) is 24.8 Å². The molecule has 0 fully saturated rings. The van der Waals surface area contributed by atoms with Gasteiger partial charge in [-0.05, 0) is 29.7 Å². The van der Waals surface area contributed by atoms with E-state index in [1.54, 1.807) is 25.3 Å². The summed E-state index contributed by atoms with van der Waals surface area (Å²) in [5.74, 6) is 0.411. The van der Waals surface area contributed by atoms with Crippen molar-refractivity contribution in [2.75, 3.05) is 7.11 Å². The predicted octanol–water partition coefficient (Wildman–Crippen LogP) is 2.33. The topological polar surface area (TPSA) is 52.3 Å². The first-order chi connectivity index (χ1) is 7.04. The van der Waals surface area contributed by atoms with Crippen molar-refractivity contribution in [2.45, 2.75) is 19.3 Å². The zero-order chi connectivity index (χ0) is 11.4. The van der Waals surface area contributed by atoms with Crippen LogP contribution in [0.5, 0.6) is 5.75 Å². The van der Waals surface area contributed by atoms with E-state index in [2.05, 4.69) is 0 Å². The zero-order valence-corrected chi connectivity index (χ0v) is 9.54. The Hall–Kier alpha value is -1.22. The lowest BCUT2D eigenvalue weighted by atomic mass is 9.96. The Balaban J connectivity index is 2.99. The third-order valence-electron chi connectivity index (χ3n) is 2.23. The average Bonchev–Trinajstić information content (AvgIpc) is 2.16. The molecular weight excluding hydrogens is 214 g/mol. The Bertz CT molecular complexity index is 366. The maximum absolute atomic E-state index is 10.8. The molecule has 0 radical (unpaired) electrons. The minimum absolute atomic E-state index is 0.0103. The Morgan fingerprint density at radius 2 is 2.27 bits per heavy atom. The van der Waals surface area contributed by atoms with Gasteiger partial charge >= 0.3 is 0 Å². The van der Waals surface area contributed by atoms with Crippen LogP contribution in [-0.4, -0.2) is 13.0 Å². The van der Waals surface area contributed by atoms with Crippen LogP contribution in [0.15, 0.2) is 18.2 Å². The van der Waals surface area contributed by atoms with Gasteiger partial charge in [0.2, 0.25) is 5.91 Å². The van der Waals surface area contributed by atoms with Crippen molar-refractivity contribution in [1.82, 2.24) is 0 Å². The third kappa shape index (κ3) is 3.13. The summed E-state index contributed by atoms with van der Waals surface area (Å²) in [5, 5.41) is 0.627. The van der Waals surface area contributed by atoms with Gasteiger partial charge in [0.1, 0.15) is 5.75 Å². The van der Waals surface area contributed by atoms with Crippen molar-refractivity contribution >= 4 is 17.5 Å². The first-order valence-electron chi connectivity index (χ1n) is 4.66. The molecule has 1 unspecified atom stereocenters. The van der Waals surface area contributed by atoms with Crippen LogP contribution in [-0.2, 0) is 4.79 Å². The third-order valence-corrected chi connectivity index (χ3v) is 2.47. The number of hydrogen-bond acceptors (Lipinski definition) is 2. The largest absolute Gasteiger partial charge is 0.496 e. The van der Waals surface area contributed by atoms with Gasteiger partial charge in [0.05, 0.1) is 7.11 Å². The van der Waals surface area contributed by atoms with Crippen LogP contribution in [0.3, 0.4) is 0 Å². The molecule has 1 amide bonds. The van der Waals surface area contributed by atoms with Crippen LogP contribution >= 0.6 is 11.6 Å². The highest BCUT2D eigenvalue weighted by molar-refractivity contribution is 6.30. The summed E-state index contributed by atoms with van der Waals surface area (Å²) in [5.41, 5.74) is 6.05. The van der Waals surface area contributed by atoms with Crippen molar-refractivity contribution in [1.29, 1.82) is 0 Å². The minimum Gasteiger partial charge on any atom is -0.496 e. The van der Waals surface area contributed by atoms with Crippen molar-refractivity contribution in [2.24, 2.45) is 5.73 Å². The van der Waals surface area contributed by atoms with E-state index in [4.69, 9.17) is 22.1 Å². The Kier molecular flexibility index (Phi) is 3.97. The number of carbonyl (C=O) groups excluding carboxylic acids is 1. The fraction of sp³-hybridized carbons (Fsp3) is 0.364. The summed E-state index contributed by atoms with van der Waals surface area (Å²) in [6.45, 7) is 1.92. The lowest BCUT2D eigenvalue weighted by Crippen LogP contribution is -2.14. The molecule has 1 rings (SSSR count). The van der Waals surface area contributed by atoms with Gasteiger partial charge in [-0.15, -0.1) is 0 Å². The SMILES string of the molecule is COc1ccc(Cl)cc1C(C)CC(N)=O. The van der Waals surface area contributed by atoms with E-state index >= 15 is 0 Å². The molecule has 0 saturated heterocycles. The molecule has 0 bridgehead atoms. The number of carbonyl (C=O) groups is 1. The number of benzene rings is 1. The lowest BCUT2D eigenvalue weighted by molar-refractivity contribution is -0.118. The van der Waals surface area contributed by atoms with Gasteiger partial charge in [-0.3, -0.25) is 4.79 Å². The predicted molar refractivity (Wildman–Crippen MR) is 60.2 cm³/mol. The van der Waals surface area contributed by atoms with Crippen LogP contribution in [0.25, 0.3) is 0 Å². The number of nitrogens with two attached hydrogens (primary N) is 1. The lowest BCUT2D eigenvalue weighted by Gasteiger charge is -2.14. The molecule has 1 atom stereocenters. The van der Waals surface area contributed by atoms with Crippen LogP contribution < -0.4 is 10.5 Å². The summed E-state index contributed by atoms with van der Waals surface area (Å²) in [4.78, 5) is 10.8. The Morgan fingerprint density at radius 3 is 2.80 bits per heavy atom. The van der Waals surface area contributed by atoms with Gasteiger partial charge in [0.15, 0.2) is 0 Å². The summed E-state index contributed by atoms with van der Waals surface area (Å²) in [6, 6.07) is 5.34. The average molecular weight is 228 g/mol. The molecule has 0 spiro atoms. The molecule has 15 heavy (non-hydrogen) atoms. The minimum atomic E-state index is -0.329. The van der Waals surface area contributed by atoms with Gasteiger partial charge in [0.25, 0.3) is 0 Å². The van der Waals surface area contributed by atoms with Crippen molar-refractivity contribution < 1.29 is 9.53 Å². The number of hydrogen-bond donors (Lipinski definition) is 1. The first kappa shape index (κ1) is 11.9. The molecule has 2 N–H and O–H groups in total. The molecule has 0 aliphatic heterocycles. The molecule has 3 nitrogen and oxygen atoms in total. The maximum Gasteiger partial charge on any atom is 0.218 e. The van der Waals surface area contributed by atoms with Gasteiger partial charge in [-0.2, -0.15) is 0 Å². The van der Waals surface area contributed by atoms with Crippen molar-refractivity contribution in [3.63, 3.8) is 0 Å². The molecule has 0 heterocycles. The van der Waals surface area contributed by atoms with Crippen molar-refractivity contribution in [3.8, 4) is 5.75 Å².